The Morgan fingerprint density at radius 3 is 2.75 bits per heavy atom. The molecule has 0 radical (unpaired) electrons. The summed E-state index contributed by atoms with van der Waals surface area (Å²) >= 11 is 1.71. The van der Waals surface area contributed by atoms with Gasteiger partial charge < -0.3 is 15.2 Å². The Morgan fingerprint density at radius 2 is 2.12 bits per heavy atom. The van der Waals surface area contributed by atoms with Gasteiger partial charge in [-0.3, -0.25) is 4.99 Å². The fourth-order valence-electron chi connectivity index (χ4n) is 2.16. The van der Waals surface area contributed by atoms with Crippen LogP contribution in [0.1, 0.15) is 44.2 Å². The first-order valence-corrected chi connectivity index (χ1v) is 9.08. The number of rotatable bonds is 6. The summed E-state index contributed by atoms with van der Waals surface area (Å²) in [5, 5.41) is 17.9. The summed E-state index contributed by atoms with van der Waals surface area (Å²) in [5.41, 5.74) is 1.14. The summed E-state index contributed by atoms with van der Waals surface area (Å²) in [6.07, 6.45) is 2.65. The van der Waals surface area contributed by atoms with Crippen molar-refractivity contribution in [3.8, 4) is 0 Å². The molecule has 0 aromatic carbocycles. The summed E-state index contributed by atoms with van der Waals surface area (Å²) in [5.74, 6) is 1.77. The van der Waals surface area contributed by atoms with E-state index in [1.54, 1.807) is 24.7 Å². The van der Waals surface area contributed by atoms with Gasteiger partial charge >= 0.3 is 0 Å². The van der Waals surface area contributed by atoms with Crippen molar-refractivity contribution in [2.45, 2.75) is 52.6 Å². The highest BCUT2D eigenvalue weighted by Crippen LogP contribution is 2.25. The Hall–Kier alpha value is -1.96. The maximum absolute atomic E-state index is 4.68. The van der Waals surface area contributed by atoms with Gasteiger partial charge in [0.15, 0.2) is 5.96 Å². The number of nitrogens with one attached hydrogen (secondary N) is 2. The Morgan fingerprint density at radius 1 is 1.33 bits per heavy atom. The van der Waals surface area contributed by atoms with E-state index in [-0.39, 0.29) is 5.41 Å². The van der Waals surface area contributed by atoms with Gasteiger partial charge in [-0.1, -0.05) is 27.7 Å². The van der Waals surface area contributed by atoms with Gasteiger partial charge in [-0.25, -0.2) is 4.98 Å². The van der Waals surface area contributed by atoms with Gasteiger partial charge in [0.2, 0.25) is 0 Å². The molecular formula is C16H27N7S. The minimum Gasteiger partial charge on any atom is -0.355 e. The first-order valence-electron chi connectivity index (χ1n) is 8.20. The molecule has 24 heavy (non-hydrogen) atoms. The molecule has 0 aliphatic heterocycles. The zero-order valence-electron chi connectivity index (χ0n) is 15.1. The second-order valence-electron chi connectivity index (χ2n) is 6.54. The molecule has 0 fully saturated rings. The fraction of sp³-hybridized carbons (Fsp3) is 0.625. The van der Waals surface area contributed by atoms with Gasteiger partial charge in [-0.2, -0.15) is 0 Å². The zero-order chi connectivity index (χ0) is 17.6. The summed E-state index contributed by atoms with van der Waals surface area (Å²) in [6.45, 7) is 10.8. The normalized spacial score (nSPS) is 12.5. The van der Waals surface area contributed by atoms with Crippen LogP contribution in [0.2, 0.25) is 0 Å². The van der Waals surface area contributed by atoms with Crippen LogP contribution in [0.15, 0.2) is 16.7 Å². The van der Waals surface area contributed by atoms with E-state index in [0.29, 0.717) is 6.54 Å². The van der Waals surface area contributed by atoms with Crippen LogP contribution in [0.4, 0.5) is 0 Å². The standard InChI is InChI=1S/C16H27N7S/c1-6-13-22-20-11-23(13)8-7-18-15(17-5)19-9-12-10-24-14(21-12)16(2,3)4/h10-11H,6-9H2,1-5H3,(H2,17,18,19). The highest BCUT2D eigenvalue weighted by Gasteiger charge is 2.17. The van der Waals surface area contributed by atoms with E-state index >= 15 is 0 Å². The molecule has 8 heteroatoms. The van der Waals surface area contributed by atoms with Crippen molar-refractivity contribution in [2.75, 3.05) is 13.6 Å². The lowest BCUT2D eigenvalue weighted by Crippen LogP contribution is -2.38. The second-order valence-corrected chi connectivity index (χ2v) is 7.40. The number of guanidine groups is 1. The van der Waals surface area contributed by atoms with Gasteiger partial charge in [0.25, 0.3) is 0 Å². The largest absolute Gasteiger partial charge is 0.355 e. The third-order valence-corrected chi connectivity index (χ3v) is 4.83. The van der Waals surface area contributed by atoms with Gasteiger partial charge in [0, 0.05) is 37.4 Å². The Kier molecular flexibility index (Phi) is 6.30. The summed E-state index contributed by atoms with van der Waals surface area (Å²) in [6, 6.07) is 0. The van der Waals surface area contributed by atoms with Crippen LogP contribution in [0.3, 0.4) is 0 Å². The van der Waals surface area contributed by atoms with Gasteiger partial charge in [-0.05, 0) is 0 Å². The van der Waals surface area contributed by atoms with Crippen molar-refractivity contribution in [3.05, 3.63) is 28.2 Å². The van der Waals surface area contributed by atoms with E-state index in [4.69, 9.17) is 0 Å². The molecule has 0 bridgehead atoms. The number of aryl methyl sites for hydroxylation is 1. The number of aromatic nitrogens is 4. The van der Waals surface area contributed by atoms with Crippen molar-refractivity contribution in [1.82, 2.24) is 30.4 Å². The zero-order valence-corrected chi connectivity index (χ0v) is 15.9. The van der Waals surface area contributed by atoms with E-state index in [1.807, 2.05) is 0 Å². The van der Waals surface area contributed by atoms with Crippen LogP contribution < -0.4 is 10.6 Å². The first kappa shape index (κ1) is 18.4. The highest BCUT2D eigenvalue weighted by atomic mass is 32.1. The van der Waals surface area contributed by atoms with E-state index < -0.39 is 0 Å². The Labute approximate surface area is 147 Å². The molecule has 7 nitrogen and oxygen atoms in total. The predicted molar refractivity (Wildman–Crippen MR) is 98.4 cm³/mol. The first-order chi connectivity index (χ1) is 11.4. The topological polar surface area (TPSA) is 80.0 Å². The van der Waals surface area contributed by atoms with Gasteiger partial charge in [0.1, 0.15) is 12.2 Å². The summed E-state index contributed by atoms with van der Waals surface area (Å²) < 4.78 is 2.05. The van der Waals surface area contributed by atoms with E-state index in [1.165, 1.54) is 0 Å². The second kappa shape index (κ2) is 8.23. The van der Waals surface area contributed by atoms with Crippen LogP contribution in [0.25, 0.3) is 0 Å². The molecule has 0 amide bonds. The van der Waals surface area contributed by atoms with Crippen LogP contribution >= 0.6 is 11.3 Å². The molecule has 2 heterocycles. The Balaban J connectivity index is 1.79. The molecule has 132 valence electrons. The third kappa shape index (κ3) is 5.02. The molecule has 2 N–H and O–H groups in total. The van der Waals surface area contributed by atoms with Crippen molar-refractivity contribution in [2.24, 2.45) is 4.99 Å². The minimum absolute atomic E-state index is 0.0959. The van der Waals surface area contributed by atoms with E-state index in [0.717, 1.165) is 42.0 Å². The van der Waals surface area contributed by atoms with Crippen molar-refractivity contribution in [1.29, 1.82) is 0 Å². The minimum atomic E-state index is 0.0959. The summed E-state index contributed by atoms with van der Waals surface area (Å²) in [4.78, 5) is 8.93. The lowest BCUT2D eigenvalue weighted by atomic mass is 9.98. The number of nitrogens with zero attached hydrogens (tertiary/aromatic N) is 5. The molecule has 0 atom stereocenters. The molecular weight excluding hydrogens is 322 g/mol. The molecule has 0 unspecified atom stereocenters. The van der Waals surface area contributed by atoms with Crippen LogP contribution in [-0.2, 0) is 24.9 Å². The maximum atomic E-state index is 4.68. The lowest BCUT2D eigenvalue weighted by Gasteiger charge is -2.14. The molecule has 2 rings (SSSR count). The molecule has 0 saturated heterocycles. The van der Waals surface area contributed by atoms with Crippen LogP contribution in [-0.4, -0.2) is 39.3 Å². The third-order valence-electron chi connectivity index (χ3n) is 3.51. The lowest BCUT2D eigenvalue weighted by molar-refractivity contribution is 0.582. The van der Waals surface area contributed by atoms with Crippen molar-refractivity contribution < 1.29 is 0 Å². The van der Waals surface area contributed by atoms with Gasteiger partial charge in [-0.15, -0.1) is 21.5 Å². The quantitative estimate of drug-likeness (QED) is 0.615. The number of hydrogen-bond acceptors (Lipinski definition) is 5. The number of hydrogen-bond donors (Lipinski definition) is 2. The van der Waals surface area contributed by atoms with Crippen molar-refractivity contribution in [3.63, 3.8) is 0 Å². The fourth-order valence-corrected chi connectivity index (χ4v) is 3.07. The number of thiazole rings is 1. The smallest absolute Gasteiger partial charge is 0.191 e. The Bertz CT molecular complexity index is 666. The van der Waals surface area contributed by atoms with Crippen LogP contribution in [0, 0.1) is 0 Å². The molecule has 0 saturated carbocycles. The van der Waals surface area contributed by atoms with Crippen LogP contribution in [0.5, 0.6) is 0 Å². The van der Waals surface area contributed by atoms with Crippen molar-refractivity contribution >= 4 is 17.3 Å². The van der Waals surface area contributed by atoms with E-state index in [9.17, 15) is 0 Å². The van der Waals surface area contributed by atoms with E-state index in [2.05, 4.69) is 68.4 Å². The average molecular weight is 350 g/mol. The molecule has 0 aliphatic carbocycles. The molecule has 2 aromatic heterocycles. The molecule has 2 aromatic rings. The highest BCUT2D eigenvalue weighted by molar-refractivity contribution is 7.09. The SMILES string of the molecule is CCc1nncn1CCNC(=NC)NCc1csc(C(C)(C)C)n1. The molecule has 0 aliphatic rings. The molecule has 0 spiro atoms. The maximum Gasteiger partial charge on any atom is 0.191 e. The number of aliphatic imine (C=N–C) groups is 1. The van der Waals surface area contributed by atoms with Gasteiger partial charge in [0.05, 0.1) is 17.2 Å². The monoisotopic (exact) mass is 349 g/mol. The predicted octanol–water partition coefficient (Wildman–Crippen LogP) is 1.96. The average Bonchev–Trinajstić information content (AvgIpc) is 3.19. The summed E-state index contributed by atoms with van der Waals surface area (Å²) in [7, 11) is 1.77.